The van der Waals surface area contributed by atoms with Crippen molar-refractivity contribution in [2.45, 2.75) is 30.8 Å². The first-order valence-electron chi connectivity index (χ1n) is 4.11. The first kappa shape index (κ1) is 12.4. The van der Waals surface area contributed by atoms with Gasteiger partial charge in [0, 0.05) is 5.92 Å². The summed E-state index contributed by atoms with van der Waals surface area (Å²) < 4.78 is 73.5. The summed E-state index contributed by atoms with van der Waals surface area (Å²) in [6.45, 7) is 0. The molecule has 15 heavy (non-hydrogen) atoms. The Morgan fingerprint density at radius 3 is 1.47 bits per heavy atom. The smallest absolute Gasteiger partial charge is 0.373 e. The van der Waals surface area contributed by atoms with Crippen LogP contribution in [0, 0.1) is 5.92 Å². The molecule has 0 bridgehead atoms. The van der Waals surface area contributed by atoms with Crippen LogP contribution in [0.15, 0.2) is 12.2 Å². The van der Waals surface area contributed by atoms with Crippen LogP contribution in [-0.2, 0) is 0 Å². The summed E-state index contributed by atoms with van der Waals surface area (Å²) in [6, 6.07) is 0. The summed E-state index contributed by atoms with van der Waals surface area (Å²) in [5.41, 5.74) is -4.61. The SMILES string of the molecule is OC(C1CC=CC1)(C(F)(F)F)C(F)(F)F. The Kier molecular flexibility index (Phi) is 2.80. The summed E-state index contributed by atoms with van der Waals surface area (Å²) in [5, 5.41) is 8.89. The molecule has 0 heterocycles. The van der Waals surface area contributed by atoms with E-state index in [1.807, 2.05) is 0 Å². The molecule has 88 valence electrons. The van der Waals surface area contributed by atoms with Crippen molar-refractivity contribution < 1.29 is 31.4 Å². The Bertz CT molecular complexity index is 241. The molecule has 0 amide bonds. The van der Waals surface area contributed by atoms with Gasteiger partial charge in [-0.1, -0.05) is 12.2 Å². The summed E-state index contributed by atoms with van der Waals surface area (Å²) in [7, 11) is 0. The van der Waals surface area contributed by atoms with Crippen LogP contribution >= 0.6 is 0 Å². The highest BCUT2D eigenvalue weighted by atomic mass is 19.4. The first-order chi connectivity index (χ1) is 6.61. The minimum Gasteiger partial charge on any atom is -0.373 e. The number of hydrogen-bond acceptors (Lipinski definition) is 1. The van der Waals surface area contributed by atoms with Gasteiger partial charge in [0.2, 0.25) is 0 Å². The van der Waals surface area contributed by atoms with Crippen molar-refractivity contribution in [3.8, 4) is 0 Å². The van der Waals surface area contributed by atoms with Gasteiger partial charge in [-0.25, -0.2) is 0 Å². The van der Waals surface area contributed by atoms with E-state index >= 15 is 0 Å². The van der Waals surface area contributed by atoms with E-state index in [1.54, 1.807) is 0 Å². The molecule has 0 spiro atoms. The van der Waals surface area contributed by atoms with Gasteiger partial charge in [-0.15, -0.1) is 0 Å². The van der Waals surface area contributed by atoms with Gasteiger partial charge < -0.3 is 5.11 Å². The number of halogens is 6. The van der Waals surface area contributed by atoms with E-state index in [1.165, 1.54) is 12.2 Å². The summed E-state index contributed by atoms with van der Waals surface area (Å²) in [4.78, 5) is 0. The molecule has 0 fully saturated rings. The number of alkyl halides is 6. The molecule has 0 aromatic carbocycles. The van der Waals surface area contributed by atoms with Crippen molar-refractivity contribution in [2.75, 3.05) is 0 Å². The third-order valence-electron chi connectivity index (χ3n) is 2.46. The maximum atomic E-state index is 12.3. The lowest BCUT2D eigenvalue weighted by atomic mass is 9.84. The fraction of sp³-hybridized carbons (Fsp3) is 0.750. The quantitative estimate of drug-likeness (QED) is 0.546. The number of aliphatic hydroxyl groups is 1. The molecule has 0 saturated heterocycles. The molecule has 0 unspecified atom stereocenters. The second kappa shape index (κ2) is 3.40. The van der Waals surface area contributed by atoms with E-state index in [4.69, 9.17) is 5.11 Å². The molecule has 0 atom stereocenters. The van der Waals surface area contributed by atoms with Crippen LogP contribution in [0.2, 0.25) is 0 Å². The minimum atomic E-state index is -5.71. The maximum Gasteiger partial charge on any atom is 0.426 e. The topological polar surface area (TPSA) is 20.2 Å². The molecule has 1 N–H and O–H groups in total. The Labute approximate surface area is 81.4 Å². The van der Waals surface area contributed by atoms with E-state index in [-0.39, 0.29) is 0 Å². The molecule has 0 saturated carbocycles. The summed E-state index contributed by atoms with van der Waals surface area (Å²) in [5.74, 6) is -1.88. The molecular weight excluding hydrogens is 226 g/mol. The predicted octanol–water partition coefficient (Wildman–Crippen LogP) is 2.81. The zero-order valence-corrected chi connectivity index (χ0v) is 7.36. The summed E-state index contributed by atoms with van der Waals surface area (Å²) in [6.07, 6.45) is -9.85. The molecule has 1 aliphatic rings. The van der Waals surface area contributed by atoms with Crippen molar-refractivity contribution in [1.82, 2.24) is 0 Å². The van der Waals surface area contributed by atoms with Crippen LogP contribution in [0.3, 0.4) is 0 Å². The molecule has 1 aliphatic carbocycles. The van der Waals surface area contributed by atoms with Crippen LogP contribution in [0.5, 0.6) is 0 Å². The second-order valence-electron chi connectivity index (χ2n) is 3.40. The van der Waals surface area contributed by atoms with Crippen molar-refractivity contribution in [2.24, 2.45) is 5.92 Å². The summed E-state index contributed by atoms with van der Waals surface area (Å²) >= 11 is 0. The van der Waals surface area contributed by atoms with Gasteiger partial charge in [0.15, 0.2) is 0 Å². The van der Waals surface area contributed by atoms with Gasteiger partial charge in [-0.3, -0.25) is 0 Å². The zero-order valence-electron chi connectivity index (χ0n) is 7.36. The highest BCUT2D eigenvalue weighted by Gasteiger charge is 2.73. The van der Waals surface area contributed by atoms with Crippen LogP contribution in [-0.4, -0.2) is 23.1 Å². The van der Waals surface area contributed by atoms with Crippen LogP contribution in [0.4, 0.5) is 26.3 Å². The van der Waals surface area contributed by atoms with E-state index in [0.717, 1.165) is 0 Å². The predicted molar refractivity (Wildman–Crippen MR) is 38.9 cm³/mol. The number of hydrogen-bond donors (Lipinski definition) is 1. The lowest BCUT2D eigenvalue weighted by molar-refractivity contribution is -0.384. The van der Waals surface area contributed by atoms with Crippen LogP contribution in [0.25, 0.3) is 0 Å². The molecule has 0 aromatic rings. The highest BCUT2D eigenvalue weighted by Crippen LogP contribution is 2.50. The van der Waals surface area contributed by atoms with Gasteiger partial charge >= 0.3 is 12.4 Å². The second-order valence-corrected chi connectivity index (χ2v) is 3.40. The van der Waals surface area contributed by atoms with Crippen LogP contribution in [0.1, 0.15) is 12.8 Å². The largest absolute Gasteiger partial charge is 0.426 e. The Hall–Kier alpha value is -0.720. The lowest BCUT2D eigenvalue weighted by Crippen LogP contribution is -2.61. The van der Waals surface area contributed by atoms with Crippen molar-refractivity contribution >= 4 is 0 Å². The molecule has 1 rings (SSSR count). The van der Waals surface area contributed by atoms with Gasteiger partial charge in [-0.05, 0) is 12.8 Å². The Morgan fingerprint density at radius 1 is 0.867 bits per heavy atom. The van der Waals surface area contributed by atoms with Crippen molar-refractivity contribution in [3.63, 3.8) is 0 Å². The Morgan fingerprint density at radius 2 is 1.20 bits per heavy atom. The maximum absolute atomic E-state index is 12.3. The monoisotopic (exact) mass is 234 g/mol. The van der Waals surface area contributed by atoms with Crippen molar-refractivity contribution in [3.05, 3.63) is 12.2 Å². The van der Waals surface area contributed by atoms with E-state index in [9.17, 15) is 26.3 Å². The molecule has 0 radical (unpaired) electrons. The molecule has 1 nitrogen and oxygen atoms in total. The van der Waals surface area contributed by atoms with Crippen LogP contribution < -0.4 is 0 Å². The fourth-order valence-corrected chi connectivity index (χ4v) is 1.58. The average molecular weight is 234 g/mol. The average Bonchev–Trinajstić information content (AvgIpc) is 2.49. The van der Waals surface area contributed by atoms with Gasteiger partial charge in [0.05, 0.1) is 0 Å². The Balaban J connectivity index is 3.07. The fourth-order valence-electron chi connectivity index (χ4n) is 1.58. The van der Waals surface area contributed by atoms with Crippen molar-refractivity contribution in [1.29, 1.82) is 0 Å². The lowest BCUT2D eigenvalue weighted by Gasteiger charge is -2.36. The van der Waals surface area contributed by atoms with E-state index < -0.39 is 36.7 Å². The molecular formula is C8H8F6O. The van der Waals surface area contributed by atoms with Gasteiger partial charge in [0.25, 0.3) is 5.60 Å². The zero-order chi connectivity index (χ0) is 11.9. The third kappa shape index (κ3) is 1.84. The van der Waals surface area contributed by atoms with Gasteiger partial charge in [0.1, 0.15) is 0 Å². The van der Waals surface area contributed by atoms with E-state index in [2.05, 4.69) is 0 Å². The van der Waals surface area contributed by atoms with E-state index in [0.29, 0.717) is 0 Å². The standard InChI is InChI=1S/C8H8F6O/c9-7(10,11)6(15,8(12,13)14)5-3-1-2-4-5/h1-2,5,15H,3-4H2. The first-order valence-corrected chi connectivity index (χ1v) is 4.11. The molecule has 0 aromatic heterocycles. The third-order valence-corrected chi connectivity index (χ3v) is 2.46. The highest BCUT2D eigenvalue weighted by molar-refractivity contribution is 5.08. The molecule has 0 aliphatic heterocycles. The minimum absolute atomic E-state index is 0.421. The molecule has 7 heteroatoms. The normalized spacial score (nSPS) is 19.9. The number of rotatable bonds is 1. The number of allylic oxidation sites excluding steroid dienone is 2. The van der Waals surface area contributed by atoms with Gasteiger partial charge in [-0.2, -0.15) is 26.3 Å².